The topological polar surface area (TPSA) is 52.0 Å². The lowest BCUT2D eigenvalue weighted by atomic mass is 10.1. The molecule has 2 aromatic heterocycles. The van der Waals surface area contributed by atoms with Crippen molar-refractivity contribution in [1.29, 1.82) is 0 Å². The van der Waals surface area contributed by atoms with E-state index in [0.29, 0.717) is 5.13 Å². The molecule has 0 spiro atoms. The van der Waals surface area contributed by atoms with Crippen LogP contribution in [0, 0.1) is 0 Å². The lowest BCUT2D eigenvalue weighted by molar-refractivity contribution is 0.568. The molecule has 4 heteroatoms. The van der Waals surface area contributed by atoms with Crippen LogP contribution in [0.1, 0.15) is 0 Å². The van der Waals surface area contributed by atoms with Crippen LogP contribution >= 0.6 is 11.3 Å². The Morgan fingerprint density at radius 1 is 1.06 bits per heavy atom. The Bertz CT molecular complexity index is 614. The molecule has 0 aliphatic heterocycles. The van der Waals surface area contributed by atoms with Crippen LogP contribution in [0.25, 0.3) is 21.7 Å². The van der Waals surface area contributed by atoms with E-state index >= 15 is 0 Å². The first-order chi connectivity index (χ1) is 8.34. The van der Waals surface area contributed by atoms with Crippen molar-refractivity contribution in [3.63, 3.8) is 0 Å². The molecule has 0 fully saturated rings. The maximum absolute atomic E-state index is 5.80. The van der Waals surface area contributed by atoms with Crippen molar-refractivity contribution in [2.24, 2.45) is 0 Å². The predicted octanol–water partition coefficient (Wildman–Crippen LogP) is 3.65. The standard InChI is InChI=1S/C13H10N2OS/c14-13-15-11(9-4-2-1-3-5-9)12(17-13)10-6-7-16-8-10/h1-8H,(H2,14,15). The second-order valence-corrected chi connectivity index (χ2v) is 4.64. The van der Waals surface area contributed by atoms with Gasteiger partial charge < -0.3 is 10.2 Å². The number of thiazole rings is 1. The maximum atomic E-state index is 5.80. The van der Waals surface area contributed by atoms with E-state index in [-0.39, 0.29) is 0 Å². The smallest absolute Gasteiger partial charge is 0.181 e. The summed E-state index contributed by atoms with van der Waals surface area (Å²) in [4.78, 5) is 5.44. The third kappa shape index (κ3) is 1.83. The van der Waals surface area contributed by atoms with Crippen molar-refractivity contribution < 1.29 is 4.42 Å². The molecule has 0 radical (unpaired) electrons. The van der Waals surface area contributed by atoms with Gasteiger partial charge in [-0.05, 0) is 6.07 Å². The van der Waals surface area contributed by atoms with Gasteiger partial charge in [0.15, 0.2) is 5.13 Å². The molecule has 84 valence electrons. The van der Waals surface area contributed by atoms with E-state index in [1.54, 1.807) is 12.5 Å². The molecule has 0 amide bonds. The lowest BCUT2D eigenvalue weighted by Gasteiger charge is -1.99. The van der Waals surface area contributed by atoms with Crippen molar-refractivity contribution in [3.8, 4) is 21.7 Å². The van der Waals surface area contributed by atoms with Gasteiger partial charge in [0, 0.05) is 11.1 Å². The van der Waals surface area contributed by atoms with Gasteiger partial charge in [-0.25, -0.2) is 4.98 Å². The van der Waals surface area contributed by atoms with Gasteiger partial charge in [-0.15, -0.1) is 0 Å². The average Bonchev–Trinajstić information content (AvgIpc) is 2.98. The fraction of sp³-hybridized carbons (Fsp3) is 0. The highest BCUT2D eigenvalue weighted by molar-refractivity contribution is 7.19. The minimum Gasteiger partial charge on any atom is -0.472 e. The average molecular weight is 242 g/mol. The Labute approximate surface area is 103 Å². The van der Waals surface area contributed by atoms with E-state index in [9.17, 15) is 0 Å². The molecule has 1 aromatic carbocycles. The minimum absolute atomic E-state index is 0.569. The monoisotopic (exact) mass is 242 g/mol. The molecule has 3 aromatic rings. The molecule has 0 saturated heterocycles. The number of nitrogens with two attached hydrogens (primary N) is 1. The van der Waals surface area contributed by atoms with Crippen molar-refractivity contribution in [2.45, 2.75) is 0 Å². The zero-order valence-corrected chi connectivity index (χ0v) is 9.78. The van der Waals surface area contributed by atoms with Crippen LogP contribution in [0.3, 0.4) is 0 Å². The Morgan fingerprint density at radius 3 is 2.59 bits per heavy atom. The summed E-state index contributed by atoms with van der Waals surface area (Å²) in [6.07, 6.45) is 3.36. The Balaban J connectivity index is 2.18. The third-order valence-corrected chi connectivity index (χ3v) is 3.41. The first kappa shape index (κ1) is 10.1. The molecule has 0 atom stereocenters. The van der Waals surface area contributed by atoms with Crippen molar-refractivity contribution in [3.05, 3.63) is 48.9 Å². The van der Waals surface area contributed by atoms with Crippen LogP contribution in [0.5, 0.6) is 0 Å². The van der Waals surface area contributed by atoms with Crippen LogP contribution in [0.2, 0.25) is 0 Å². The SMILES string of the molecule is Nc1nc(-c2ccccc2)c(-c2ccoc2)s1. The first-order valence-electron chi connectivity index (χ1n) is 5.19. The van der Waals surface area contributed by atoms with E-state index in [4.69, 9.17) is 10.2 Å². The molecule has 0 aliphatic rings. The second kappa shape index (κ2) is 4.07. The van der Waals surface area contributed by atoms with Gasteiger partial charge in [-0.2, -0.15) is 0 Å². The van der Waals surface area contributed by atoms with E-state index in [0.717, 1.165) is 21.7 Å². The quantitative estimate of drug-likeness (QED) is 0.746. The Hall–Kier alpha value is -2.07. The number of hydrogen-bond donors (Lipinski definition) is 1. The van der Waals surface area contributed by atoms with Crippen molar-refractivity contribution in [2.75, 3.05) is 5.73 Å². The highest BCUT2D eigenvalue weighted by atomic mass is 32.1. The van der Waals surface area contributed by atoms with Gasteiger partial charge >= 0.3 is 0 Å². The summed E-state index contributed by atoms with van der Waals surface area (Å²) in [7, 11) is 0. The zero-order valence-electron chi connectivity index (χ0n) is 8.96. The van der Waals surface area contributed by atoms with Crippen molar-refractivity contribution >= 4 is 16.5 Å². The summed E-state index contributed by atoms with van der Waals surface area (Å²) in [5.41, 5.74) is 8.79. The number of rotatable bonds is 2. The van der Waals surface area contributed by atoms with Crippen LogP contribution in [-0.2, 0) is 0 Å². The predicted molar refractivity (Wildman–Crippen MR) is 69.7 cm³/mol. The van der Waals surface area contributed by atoms with E-state index in [1.807, 2.05) is 36.4 Å². The minimum atomic E-state index is 0.569. The summed E-state index contributed by atoms with van der Waals surface area (Å²) in [5, 5.41) is 0.569. The molecular formula is C13H10N2OS. The van der Waals surface area contributed by atoms with Crippen LogP contribution in [-0.4, -0.2) is 4.98 Å². The summed E-state index contributed by atoms with van der Waals surface area (Å²) < 4.78 is 5.11. The largest absolute Gasteiger partial charge is 0.472 e. The number of benzene rings is 1. The maximum Gasteiger partial charge on any atom is 0.181 e. The fourth-order valence-corrected chi connectivity index (χ4v) is 2.56. The molecule has 3 nitrogen and oxygen atoms in total. The van der Waals surface area contributed by atoms with E-state index in [1.165, 1.54) is 11.3 Å². The zero-order chi connectivity index (χ0) is 11.7. The molecule has 3 rings (SSSR count). The highest BCUT2D eigenvalue weighted by Crippen LogP contribution is 2.37. The van der Waals surface area contributed by atoms with Crippen molar-refractivity contribution in [1.82, 2.24) is 4.98 Å². The van der Waals surface area contributed by atoms with Gasteiger partial charge in [0.2, 0.25) is 0 Å². The van der Waals surface area contributed by atoms with E-state index < -0.39 is 0 Å². The fourth-order valence-electron chi connectivity index (χ4n) is 1.72. The number of furan rings is 1. The Kier molecular flexibility index (Phi) is 2.42. The normalized spacial score (nSPS) is 10.6. The molecule has 2 heterocycles. The number of hydrogen-bond acceptors (Lipinski definition) is 4. The van der Waals surface area contributed by atoms with Gasteiger partial charge in [0.25, 0.3) is 0 Å². The van der Waals surface area contributed by atoms with Gasteiger partial charge in [0.1, 0.15) is 0 Å². The third-order valence-electron chi connectivity index (χ3n) is 2.47. The molecule has 0 unspecified atom stereocenters. The number of nitrogens with zero attached hydrogens (tertiary/aromatic N) is 1. The molecular weight excluding hydrogens is 232 g/mol. The second-order valence-electron chi connectivity index (χ2n) is 3.61. The Morgan fingerprint density at radius 2 is 1.88 bits per heavy atom. The van der Waals surface area contributed by atoms with Crippen LogP contribution in [0.15, 0.2) is 53.3 Å². The molecule has 0 aliphatic carbocycles. The van der Waals surface area contributed by atoms with E-state index in [2.05, 4.69) is 4.98 Å². The summed E-state index contributed by atoms with van der Waals surface area (Å²) >= 11 is 1.47. The van der Waals surface area contributed by atoms with Gasteiger partial charge in [-0.3, -0.25) is 0 Å². The molecule has 2 N–H and O–H groups in total. The lowest BCUT2D eigenvalue weighted by Crippen LogP contribution is -1.83. The highest BCUT2D eigenvalue weighted by Gasteiger charge is 2.13. The van der Waals surface area contributed by atoms with Gasteiger partial charge in [0.05, 0.1) is 23.1 Å². The molecule has 0 bridgehead atoms. The summed E-state index contributed by atoms with van der Waals surface area (Å²) in [6.45, 7) is 0. The molecule has 17 heavy (non-hydrogen) atoms. The van der Waals surface area contributed by atoms with Gasteiger partial charge in [-0.1, -0.05) is 41.7 Å². The number of anilines is 1. The summed E-state index contributed by atoms with van der Waals surface area (Å²) in [5.74, 6) is 0. The molecule has 0 saturated carbocycles. The number of aromatic nitrogens is 1. The first-order valence-corrected chi connectivity index (χ1v) is 6.00. The van der Waals surface area contributed by atoms with Crippen LogP contribution in [0.4, 0.5) is 5.13 Å². The number of nitrogen functional groups attached to an aromatic ring is 1. The van der Waals surface area contributed by atoms with Crippen LogP contribution < -0.4 is 5.73 Å². The summed E-state index contributed by atoms with van der Waals surface area (Å²) in [6, 6.07) is 11.9.